The minimum absolute atomic E-state index is 0.274. The third-order valence-corrected chi connectivity index (χ3v) is 12.4. The van der Waals surface area contributed by atoms with Crippen molar-refractivity contribution in [1.29, 1.82) is 0 Å². The Morgan fingerprint density at radius 3 is 1.18 bits per heavy atom. The summed E-state index contributed by atoms with van der Waals surface area (Å²) in [5, 5.41) is 1.03. The average molecular weight is 198 g/mol. The molecule has 6 radical (unpaired) electrons. The Morgan fingerprint density at radius 1 is 0.909 bits per heavy atom. The Morgan fingerprint density at radius 2 is 1.18 bits per heavy atom. The van der Waals surface area contributed by atoms with Gasteiger partial charge in [-0.15, -0.1) is 0 Å². The lowest BCUT2D eigenvalue weighted by Gasteiger charge is -2.38. The molecule has 0 unspecified atom stereocenters. The van der Waals surface area contributed by atoms with Gasteiger partial charge in [0, 0.05) is 26.6 Å². The largest absolute Gasteiger partial charge is 0.0630 e. The SMILES string of the molecule is CC(C)(C)[Si]([Si][Si])C(C)(C)C. The van der Waals surface area contributed by atoms with Gasteiger partial charge in [-0.25, -0.2) is 0 Å². The summed E-state index contributed by atoms with van der Waals surface area (Å²) in [6, 6.07) is 0. The molecule has 0 heterocycles. The maximum Gasteiger partial charge on any atom is 0.0425 e. The molecule has 11 heavy (non-hydrogen) atoms. The molecule has 0 aromatic heterocycles. The van der Waals surface area contributed by atoms with Crippen LogP contribution in [0.5, 0.6) is 0 Å². The second-order valence-electron chi connectivity index (χ2n) is 5.00. The summed E-state index contributed by atoms with van der Waals surface area (Å²) < 4.78 is 0. The second kappa shape index (κ2) is 3.58. The smallest absolute Gasteiger partial charge is 0.0425 e. The highest BCUT2D eigenvalue weighted by Gasteiger charge is 2.34. The van der Waals surface area contributed by atoms with Crippen molar-refractivity contribution in [3.63, 3.8) is 0 Å². The van der Waals surface area contributed by atoms with Gasteiger partial charge in [0.25, 0.3) is 0 Å². The van der Waals surface area contributed by atoms with Crippen LogP contribution in [0.15, 0.2) is 0 Å². The first-order valence-electron chi connectivity index (χ1n) is 4.00. The van der Waals surface area contributed by atoms with Crippen LogP contribution in [0, 0.1) is 0 Å². The Balaban J connectivity index is 4.43. The van der Waals surface area contributed by atoms with Crippen molar-refractivity contribution >= 4 is 26.6 Å². The van der Waals surface area contributed by atoms with E-state index in [2.05, 4.69) is 51.3 Å². The van der Waals surface area contributed by atoms with E-state index in [-0.39, 0.29) is 8.31 Å². The third-order valence-electron chi connectivity index (χ3n) is 1.62. The predicted octanol–water partition coefficient (Wildman–Crippen LogP) is 2.37. The molecule has 0 spiro atoms. The summed E-state index contributed by atoms with van der Waals surface area (Å²) in [6.07, 6.45) is 0. The Bertz CT molecular complexity index is 104. The Hall–Kier alpha value is 0.651. The van der Waals surface area contributed by atoms with Crippen molar-refractivity contribution in [3.05, 3.63) is 0 Å². The zero-order valence-corrected chi connectivity index (χ0v) is 11.5. The fourth-order valence-electron chi connectivity index (χ4n) is 1.50. The molecule has 0 aliphatic rings. The van der Waals surface area contributed by atoms with E-state index in [1.807, 2.05) is 0 Å². The fourth-order valence-corrected chi connectivity index (χ4v) is 13.5. The second-order valence-corrected chi connectivity index (χ2v) is 13.5. The molecule has 0 atom stereocenters. The highest BCUT2D eigenvalue weighted by Crippen LogP contribution is 2.40. The Labute approximate surface area is 78.6 Å². The average Bonchev–Trinajstić information content (AvgIpc) is 1.56. The molecule has 0 aromatic carbocycles. The predicted molar refractivity (Wildman–Crippen MR) is 56.7 cm³/mol. The first kappa shape index (κ1) is 11.7. The highest BCUT2D eigenvalue weighted by molar-refractivity contribution is 7.33. The highest BCUT2D eigenvalue weighted by atomic mass is 29.5. The summed E-state index contributed by atoms with van der Waals surface area (Å²) in [5.74, 6) is 0. The molecule has 0 amide bonds. The summed E-state index contributed by atoms with van der Waals surface area (Å²) >= 11 is 0. The van der Waals surface area contributed by atoms with Gasteiger partial charge >= 0.3 is 0 Å². The molecule has 0 bridgehead atoms. The minimum atomic E-state index is -0.274. The van der Waals surface area contributed by atoms with Gasteiger partial charge in [-0.1, -0.05) is 41.5 Å². The van der Waals surface area contributed by atoms with Crippen molar-refractivity contribution < 1.29 is 0 Å². The van der Waals surface area contributed by atoms with Gasteiger partial charge in [-0.3, -0.25) is 0 Å². The lowest BCUT2D eigenvalue weighted by molar-refractivity contribution is 0.660. The molecule has 0 rings (SSSR count). The van der Waals surface area contributed by atoms with E-state index in [1.54, 1.807) is 0 Å². The van der Waals surface area contributed by atoms with Crippen molar-refractivity contribution in [3.8, 4) is 0 Å². The van der Waals surface area contributed by atoms with E-state index in [0.29, 0.717) is 10.1 Å². The molecular formula is C8H18Si3. The van der Waals surface area contributed by atoms with E-state index in [0.717, 1.165) is 8.55 Å². The lowest BCUT2D eigenvalue weighted by atomic mass is 10.2. The van der Waals surface area contributed by atoms with E-state index in [1.165, 1.54) is 0 Å². The molecule has 0 saturated heterocycles. The summed E-state index contributed by atoms with van der Waals surface area (Å²) in [5.41, 5.74) is 0. The van der Waals surface area contributed by atoms with Crippen molar-refractivity contribution in [2.45, 2.75) is 51.6 Å². The molecule has 62 valence electrons. The summed E-state index contributed by atoms with van der Waals surface area (Å²) in [6.45, 7) is 14.2. The fraction of sp³-hybridized carbons (Fsp3) is 1.00. The third kappa shape index (κ3) is 3.71. The summed E-state index contributed by atoms with van der Waals surface area (Å²) in [4.78, 5) is 0. The van der Waals surface area contributed by atoms with Gasteiger partial charge in [0.2, 0.25) is 0 Å². The van der Waals surface area contributed by atoms with Gasteiger partial charge in [-0.2, -0.15) is 0 Å². The minimum Gasteiger partial charge on any atom is -0.0630 e. The maximum absolute atomic E-state index is 3.71. The number of hydrogen-bond donors (Lipinski definition) is 0. The number of hydrogen-bond acceptors (Lipinski definition) is 0. The van der Waals surface area contributed by atoms with Crippen molar-refractivity contribution in [2.24, 2.45) is 0 Å². The molecule has 0 nitrogen and oxygen atoms in total. The molecule has 0 N–H and O–H groups in total. The molecule has 0 fully saturated rings. The quantitative estimate of drug-likeness (QED) is 0.568. The van der Waals surface area contributed by atoms with E-state index in [4.69, 9.17) is 0 Å². The molecular weight excluding hydrogens is 180 g/mol. The molecule has 0 aliphatic carbocycles. The molecule has 3 heteroatoms. The topological polar surface area (TPSA) is 0 Å². The standard InChI is InChI=1S/C8H18Si3/c1-7(2,3)11(10-9)8(4,5)6/h1-6H3. The van der Waals surface area contributed by atoms with Crippen LogP contribution in [0.25, 0.3) is 0 Å². The normalized spacial score (nSPS) is 14.2. The van der Waals surface area contributed by atoms with Gasteiger partial charge < -0.3 is 0 Å². The summed E-state index contributed by atoms with van der Waals surface area (Å²) in [7, 11) is 4.39. The zero-order valence-electron chi connectivity index (χ0n) is 8.50. The van der Waals surface area contributed by atoms with Crippen LogP contribution < -0.4 is 0 Å². The zero-order chi connectivity index (χ0) is 9.28. The Kier molecular flexibility index (Phi) is 3.79. The van der Waals surface area contributed by atoms with E-state index < -0.39 is 0 Å². The van der Waals surface area contributed by atoms with Crippen LogP contribution in [-0.4, -0.2) is 26.6 Å². The first-order valence-corrected chi connectivity index (χ1v) is 9.00. The lowest BCUT2D eigenvalue weighted by Crippen LogP contribution is -2.41. The number of rotatable bonds is 1. The van der Waals surface area contributed by atoms with Crippen LogP contribution in [0.1, 0.15) is 41.5 Å². The van der Waals surface area contributed by atoms with Crippen molar-refractivity contribution in [1.82, 2.24) is 0 Å². The van der Waals surface area contributed by atoms with Gasteiger partial charge in [0.15, 0.2) is 0 Å². The van der Waals surface area contributed by atoms with Crippen LogP contribution in [0.3, 0.4) is 0 Å². The van der Waals surface area contributed by atoms with Crippen LogP contribution in [0.4, 0.5) is 0 Å². The molecule has 0 saturated carbocycles. The van der Waals surface area contributed by atoms with Crippen LogP contribution >= 0.6 is 0 Å². The first-order chi connectivity index (χ1) is 4.69. The van der Waals surface area contributed by atoms with Gasteiger partial charge in [-0.05, 0) is 10.1 Å². The van der Waals surface area contributed by atoms with Gasteiger partial charge in [0.05, 0.1) is 0 Å². The molecule has 0 aliphatic heterocycles. The molecule has 0 aromatic rings. The van der Waals surface area contributed by atoms with E-state index in [9.17, 15) is 0 Å². The van der Waals surface area contributed by atoms with Gasteiger partial charge in [0.1, 0.15) is 0 Å². The van der Waals surface area contributed by atoms with E-state index >= 15 is 0 Å². The maximum atomic E-state index is 3.71. The monoisotopic (exact) mass is 198 g/mol. The van der Waals surface area contributed by atoms with Crippen LogP contribution in [0.2, 0.25) is 10.1 Å². The van der Waals surface area contributed by atoms with Crippen molar-refractivity contribution in [2.75, 3.05) is 0 Å². The van der Waals surface area contributed by atoms with Crippen LogP contribution in [-0.2, 0) is 0 Å².